The van der Waals surface area contributed by atoms with E-state index < -0.39 is 11.7 Å². The lowest BCUT2D eigenvalue weighted by Crippen LogP contribution is -2.57. The lowest BCUT2D eigenvalue weighted by atomic mass is 9.42. The van der Waals surface area contributed by atoms with Crippen molar-refractivity contribution in [2.75, 3.05) is 13.7 Å². The van der Waals surface area contributed by atoms with Crippen molar-refractivity contribution in [3.63, 3.8) is 0 Å². The number of imidazole rings is 1. The topological polar surface area (TPSA) is 64.3 Å². The second-order valence-corrected chi connectivity index (χ2v) is 12.3. The minimum atomic E-state index is -0.571. The summed E-state index contributed by atoms with van der Waals surface area (Å²) >= 11 is 0. The number of halogens is 1. The monoisotopic (exact) mass is 460 g/mol. The summed E-state index contributed by atoms with van der Waals surface area (Å²) in [5.74, 6) is 2.66. The number of carbonyl (C=O) groups excluding carboxylic acids is 1. The molecule has 0 unspecified atom stereocenters. The van der Waals surface area contributed by atoms with Crippen molar-refractivity contribution in [2.24, 2.45) is 40.4 Å². The van der Waals surface area contributed by atoms with Crippen molar-refractivity contribution in [1.29, 1.82) is 0 Å². The van der Waals surface area contributed by atoms with Crippen molar-refractivity contribution in [2.45, 2.75) is 90.2 Å². The van der Waals surface area contributed by atoms with Gasteiger partial charge in [0, 0.05) is 32.0 Å². The highest BCUT2D eigenvalue weighted by atomic mass is 19.1. The lowest BCUT2D eigenvalue weighted by molar-refractivity contribution is -0.163. The molecule has 0 bridgehead atoms. The Balaban J connectivity index is 1.38. The van der Waals surface area contributed by atoms with Crippen LogP contribution < -0.4 is 0 Å². The molecule has 0 aliphatic heterocycles. The van der Waals surface area contributed by atoms with E-state index in [4.69, 9.17) is 4.74 Å². The molecule has 4 aliphatic carbocycles. The van der Waals surface area contributed by atoms with Gasteiger partial charge in [0.1, 0.15) is 0 Å². The van der Waals surface area contributed by atoms with Crippen molar-refractivity contribution in [1.82, 2.24) is 9.55 Å². The van der Waals surface area contributed by atoms with Gasteiger partial charge in [-0.3, -0.25) is 4.79 Å². The predicted octanol–water partition coefficient (Wildman–Crippen LogP) is 5.02. The molecule has 4 aliphatic rings. The third-order valence-corrected chi connectivity index (χ3v) is 10.8. The molecule has 33 heavy (non-hydrogen) atoms. The smallest absolute Gasteiger partial charge is 0.289 e. The first-order chi connectivity index (χ1) is 15.7. The van der Waals surface area contributed by atoms with Crippen LogP contribution in [0.3, 0.4) is 0 Å². The summed E-state index contributed by atoms with van der Waals surface area (Å²) in [7, 11) is 1.80. The van der Waals surface area contributed by atoms with Gasteiger partial charge in [0.2, 0.25) is 0 Å². The number of aromatic nitrogens is 2. The maximum Gasteiger partial charge on any atom is 0.289 e. The van der Waals surface area contributed by atoms with Crippen LogP contribution in [0.25, 0.3) is 0 Å². The molecular formula is C27H41FN2O3. The molecular weight excluding hydrogens is 419 g/mol. The van der Waals surface area contributed by atoms with Gasteiger partial charge >= 0.3 is 0 Å². The molecule has 1 aromatic rings. The molecule has 1 aromatic heterocycles. The third-order valence-electron chi connectivity index (χ3n) is 10.8. The zero-order chi connectivity index (χ0) is 23.4. The van der Waals surface area contributed by atoms with Crippen molar-refractivity contribution in [3.8, 4) is 0 Å². The standard InChI is InChI=1S/C27H41FN2O3/c1-25(32)10-11-27(12-15-33-3)18(16-25)4-5-19-20-6-7-22(26(20,2)9-8-21(19)27)23(31)17-30-14-13-29-24(30)28/h13-14,18-22,32H,4-12,15-17H2,1-3H3/t18-,19-,20-,21-,22+,25+,26-,27+/m0/s1. The summed E-state index contributed by atoms with van der Waals surface area (Å²) < 4.78 is 20.8. The highest BCUT2D eigenvalue weighted by molar-refractivity contribution is 5.82. The first-order valence-corrected chi connectivity index (χ1v) is 13.1. The molecule has 0 aromatic carbocycles. The van der Waals surface area contributed by atoms with Gasteiger partial charge in [0.05, 0.1) is 12.1 Å². The minimum Gasteiger partial charge on any atom is -0.390 e. The Morgan fingerprint density at radius 1 is 1.18 bits per heavy atom. The molecule has 1 heterocycles. The second-order valence-electron chi connectivity index (χ2n) is 12.3. The van der Waals surface area contributed by atoms with E-state index in [1.165, 1.54) is 30.0 Å². The van der Waals surface area contributed by atoms with Crippen LogP contribution in [0.5, 0.6) is 0 Å². The molecule has 5 nitrogen and oxygen atoms in total. The number of ether oxygens (including phenoxy) is 1. The van der Waals surface area contributed by atoms with Crippen LogP contribution in [0.15, 0.2) is 12.4 Å². The van der Waals surface area contributed by atoms with Gasteiger partial charge in [-0.25, -0.2) is 4.98 Å². The molecule has 1 N–H and O–H groups in total. The summed E-state index contributed by atoms with van der Waals surface area (Å²) in [6, 6.07) is 0. The van der Waals surface area contributed by atoms with Gasteiger partial charge in [-0.2, -0.15) is 4.39 Å². The maximum atomic E-state index is 13.9. The molecule has 6 heteroatoms. The van der Waals surface area contributed by atoms with E-state index in [-0.39, 0.29) is 29.1 Å². The number of hydrogen-bond acceptors (Lipinski definition) is 4. The number of hydrogen-bond donors (Lipinski definition) is 1. The van der Waals surface area contributed by atoms with E-state index in [0.717, 1.165) is 51.6 Å². The van der Waals surface area contributed by atoms with Gasteiger partial charge in [0.25, 0.3) is 6.08 Å². The molecule has 4 fully saturated rings. The summed E-state index contributed by atoms with van der Waals surface area (Å²) in [6.07, 6.45) is 13.1. The lowest BCUT2D eigenvalue weighted by Gasteiger charge is -2.63. The largest absolute Gasteiger partial charge is 0.390 e. The average molecular weight is 461 g/mol. The normalized spacial score (nSPS) is 44.7. The average Bonchev–Trinajstić information content (AvgIpc) is 3.34. The molecule has 0 amide bonds. The van der Waals surface area contributed by atoms with Crippen molar-refractivity contribution in [3.05, 3.63) is 18.5 Å². The fourth-order valence-electron chi connectivity index (χ4n) is 9.26. The van der Waals surface area contributed by atoms with E-state index in [1.54, 1.807) is 13.3 Å². The number of Topliss-reactive ketones (excluding diaryl/α,β-unsaturated/α-hetero) is 1. The number of fused-ring (bicyclic) bond motifs is 5. The van der Waals surface area contributed by atoms with Crippen LogP contribution in [0, 0.1) is 46.5 Å². The van der Waals surface area contributed by atoms with Gasteiger partial charge in [-0.05, 0) is 106 Å². The first-order valence-electron chi connectivity index (χ1n) is 13.1. The minimum absolute atomic E-state index is 0.0185. The van der Waals surface area contributed by atoms with Crippen LogP contribution in [0.2, 0.25) is 0 Å². The molecule has 4 saturated carbocycles. The molecule has 5 rings (SSSR count). The highest BCUT2D eigenvalue weighted by Crippen LogP contribution is 2.69. The number of methoxy groups -OCH3 is 1. The Hall–Kier alpha value is -1.27. The van der Waals surface area contributed by atoms with E-state index in [2.05, 4.69) is 11.9 Å². The van der Waals surface area contributed by atoms with Crippen LogP contribution in [0.1, 0.15) is 78.1 Å². The van der Waals surface area contributed by atoms with E-state index in [0.29, 0.717) is 23.7 Å². The summed E-state index contributed by atoms with van der Waals surface area (Å²) in [6.45, 7) is 5.27. The second kappa shape index (κ2) is 8.44. The molecule has 8 atom stereocenters. The third kappa shape index (κ3) is 3.80. The van der Waals surface area contributed by atoms with Crippen LogP contribution in [-0.2, 0) is 16.1 Å². The van der Waals surface area contributed by atoms with E-state index in [9.17, 15) is 14.3 Å². The zero-order valence-corrected chi connectivity index (χ0v) is 20.6. The summed E-state index contributed by atoms with van der Waals surface area (Å²) in [5, 5.41) is 10.9. The Morgan fingerprint density at radius 2 is 2.00 bits per heavy atom. The summed E-state index contributed by atoms with van der Waals surface area (Å²) in [5.41, 5.74) is -0.250. The summed E-state index contributed by atoms with van der Waals surface area (Å²) in [4.78, 5) is 17.0. The molecule has 0 spiro atoms. The highest BCUT2D eigenvalue weighted by Gasteiger charge is 2.62. The fourth-order valence-corrected chi connectivity index (χ4v) is 9.26. The Kier molecular flexibility index (Phi) is 6.00. The number of rotatable bonds is 6. The zero-order valence-electron chi connectivity index (χ0n) is 20.6. The maximum absolute atomic E-state index is 13.9. The Labute approximate surface area is 197 Å². The van der Waals surface area contributed by atoms with Crippen molar-refractivity contribution < 1.29 is 19.0 Å². The molecule has 0 saturated heterocycles. The SMILES string of the molecule is COCC[C@]12CC[C@@](C)(O)C[C@@H]1CC[C@H]1[C@@H]3CC[C@H](C(=O)Cn4ccnc4F)[C@@]3(C)CC[C@@H]12. The predicted molar refractivity (Wildman–Crippen MR) is 124 cm³/mol. The van der Waals surface area contributed by atoms with Gasteiger partial charge < -0.3 is 14.4 Å². The van der Waals surface area contributed by atoms with Gasteiger partial charge in [-0.15, -0.1) is 0 Å². The number of carbonyl (C=O) groups is 1. The van der Waals surface area contributed by atoms with Gasteiger partial charge in [-0.1, -0.05) is 6.92 Å². The number of nitrogens with zero attached hydrogens (tertiary/aromatic N) is 2. The quantitative estimate of drug-likeness (QED) is 0.648. The van der Waals surface area contributed by atoms with E-state index in [1.807, 2.05) is 6.92 Å². The fraction of sp³-hybridized carbons (Fsp3) is 0.852. The van der Waals surface area contributed by atoms with Crippen LogP contribution >= 0.6 is 0 Å². The van der Waals surface area contributed by atoms with Crippen LogP contribution in [0.4, 0.5) is 4.39 Å². The number of ketones is 1. The first kappa shape index (κ1) is 23.5. The van der Waals surface area contributed by atoms with Crippen molar-refractivity contribution >= 4 is 5.78 Å². The molecule has 0 radical (unpaired) electrons. The van der Waals surface area contributed by atoms with E-state index >= 15 is 0 Å². The number of aliphatic hydroxyl groups is 1. The Bertz CT molecular complexity index is 884. The molecule has 184 valence electrons. The van der Waals surface area contributed by atoms with Gasteiger partial charge in [0.15, 0.2) is 5.78 Å². The van der Waals surface area contributed by atoms with Crippen LogP contribution in [-0.4, -0.2) is 39.8 Å². The Morgan fingerprint density at radius 3 is 2.73 bits per heavy atom.